The van der Waals surface area contributed by atoms with Crippen molar-refractivity contribution in [2.75, 3.05) is 52.2 Å². The van der Waals surface area contributed by atoms with Crippen molar-refractivity contribution in [3.8, 4) is 16.9 Å². The molecule has 2 aromatic carbocycles. The molecule has 3 unspecified atom stereocenters. The molecule has 0 bridgehead atoms. The highest BCUT2D eigenvalue weighted by Crippen LogP contribution is 2.54. The van der Waals surface area contributed by atoms with Gasteiger partial charge >= 0.3 is 0 Å². The Hall–Kier alpha value is -4.19. The zero-order chi connectivity index (χ0) is 31.7. The SMILES string of the molecule is CN1CCN(Cc2cccc(-c3cc(N(C)C)c4c(c3O)C(O)=C3C(=O)C5(O)C(O)=C(C(N)=O)C(=O)CC5CC3C4)c2)CC1. The van der Waals surface area contributed by atoms with Crippen molar-refractivity contribution in [1.82, 2.24) is 9.80 Å². The largest absolute Gasteiger partial charge is 0.508 e. The summed E-state index contributed by atoms with van der Waals surface area (Å²) in [4.78, 5) is 45.1. The van der Waals surface area contributed by atoms with Crippen LogP contribution in [0, 0.1) is 11.8 Å². The highest BCUT2D eigenvalue weighted by Gasteiger charge is 2.60. The number of likely N-dealkylation sites (N-methyl/N-ethyl adjacent to an activating group) is 1. The number of phenolic OH excluding ortho intramolecular Hbond substituents is 1. The lowest BCUT2D eigenvalue weighted by molar-refractivity contribution is -0.147. The number of anilines is 1. The summed E-state index contributed by atoms with van der Waals surface area (Å²) >= 11 is 0. The monoisotopic (exact) mass is 602 g/mol. The van der Waals surface area contributed by atoms with Crippen LogP contribution in [0.4, 0.5) is 5.69 Å². The first-order chi connectivity index (χ1) is 20.8. The summed E-state index contributed by atoms with van der Waals surface area (Å²) < 4.78 is 0. The average Bonchev–Trinajstić information content (AvgIpc) is 2.96. The predicted octanol–water partition coefficient (Wildman–Crippen LogP) is 1.90. The van der Waals surface area contributed by atoms with Gasteiger partial charge in [-0.2, -0.15) is 0 Å². The normalized spacial score (nSPS) is 25.9. The number of hydrogen-bond donors (Lipinski definition) is 5. The van der Waals surface area contributed by atoms with Gasteiger partial charge in [-0.3, -0.25) is 19.3 Å². The molecule has 232 valence electrons. The fourth-order valence-corrected chi connectivity index (χ4v) is 7.39. The number of nitrogens with two attached hydrogens (primary N) is 1. The molecule has 1 amide bonds. The van der Waals surface area contributed by atoms with E-state index in [1.54, 1.807) is 0 Å². The molecule has 3 aliphatic carbocycles. The highest BCUT2D eigenvalue weighted by atomic mass is 16.3. The van der Waals surface area contributed by atoms with Gasteiger partial charge in [0.05, 0.1) is 5.56 Å². The van der Waals surface area contributed by atoms with Gasteiger partial charge in [-0.1, -0.05) is 18.2 Å². The topological polar surface area (TPSA) is 168 Å². The molecule has 0 radical (unpaired) electrons. The van der Waals surface area contributed by atoms with Gasteiger partial charge in [-0.15, -0.1) is 0 Å². The Morgan fingerprint density at radius 3 is 2.43 bits per heavy atom. The molecule has 1 saturated heterocycles. The fraction of sp³-hybridized carbons (Fsp3) is 0.424. The van der Waals surface area contributed by atoms with E-state index in [4.69, 9.17) is 5.73 Å². The zero-order valence-corrected chi connectivity index (χ0v) is 25.1. The number of aliphatic hydroxyl groups is 3. The smallest absolute Gasteiger partial charge is 0.255 e. The van der Waals surface area contributed by atoms with Crippen molar-refractivity contribution in [2.24, 2.45) is 17.6 Å². The molecule has 2 fully saturated rings. The number of carbonyl (C=O) groups excluding carboxylic acids is 3. The Morgan fingerprint density at radius 1 is 1.07 bits per heavy atom. The highest BCUT2D eigenvalue weighted by molar-refractivity contribution is 6.22. The van der Waals surface area contributed by atoms with Crippen LogP contribution in [0.15, 0.2) is 47.2 Å². The van der Waals surface area contributed by atoms with Gasteiger partial charge in [0.1, 0.15) is 22.8 Å². The summed E-state index contributed by atoms with van der Waals surface area (Å²) in [6, 6.07) is 9.75. The minimum Gasteiger partial charge on any atom is -0.508 e. The maximum Gasteiger partial charge on any atom is 0.255 e. The average molecular weight is 603 g/mol. The lowest BCUT2D eigenvalue weighted by Crippen LogP contribution is -2.58. The number of fused-ring (bicyclic) bond motifs is 3. The van der Waals surface area contributed by atoms with E-state index in [9.17, 15) is 34.8 Å². The Bertz CT molecular complexity index is 1650. The molecule has 44 heavy (non-hydrogen) atoms. The van der Waals surface area contributed by atoms with E-state index < -0.39 is 52.0 Å². The van der Waals surface area contributed by atoms with E-state index in [1.807, 2.05) is 49.3 Å². The third kappa shape index (κ3) is 4.58. The number of piperazine rings is 1. The molecule has 0 spiro atoms. The molecule has 0 aromatic heterocycles. The summed E-state index contributed by atoms with van der Waals surface area (Å²) in [5.74, 6) is -6.36. The van der Waals surface area contributed by atoms with Crippen LogP contribution < -0.4 is 10.6 Å². The number of aromatic hydroxyl groups is 1. The van der Waals surface area contributed by atoms with Crippen molar-refractivity contribution in [3.63, 3.8) is 0 Å². The molecule has 11 heteroatoms. The van der Waals surface area contributed by atoms with Crippen LogP contribution in [0.1, 0.15) is 29.5 Å². The van der Waals surface area contributed by atoms with Crippen LogP contribution in [0.5, 0.6) is 5.75 Å². The molecule has 1 saturated carbocycles. The minimum absolute atomic E-state index is 0.0859. The molecule has 1 aliphatic heterocycles. The Labute approximate surface area is 255 Å². The van der Waals surface area contributed by atoms with E-state index in [2.05, 4.69) is 16.8 Å². The molecular weight excluding hydrogens is 564 g/mol. The third-order valence-corrected chi connectivity index (χ3v) is 9.76. The summed E-state index contributed by atoms with van der Waals surface area (Å²) in [6.45, 7) is 4.66. The standard InChI is InChI=1S/C33H38N4O7/c1-35(2)23-15-21(18-6-4-5-17(11-18)16-37-9-7-36(3)8-10-37)28(39)26-22(23)13-19-12-20-14-24(38)27(32(34)43)31(42)33(20,44)30(41)25(19)29(26)40/h4-6,11,15,19-20,39-40,42,44H,7-10,12-14,16H2,1-3H3,(H2,34,43). The van der Waals surface area contributed by atoms with Gasteiger partial charge in [0, 0.05) is 76.0 Å². The van der Waals surface area contributed by atoms with Gasteiger partial charge in [0.25, 0.3) is 5.91 Å². The molecule has 6 N–H and O–H groups in total. The lowest BCUT2D eigenvalue weighted by Gasteiger charge is -2.46. The first-order valence-corrected chi connectivity index (χ1v) is 14.9. The van der Waals surface area contributed by atoms with Crippen molar-refractivity contribution in [1.29, 1.82) is 0 Å². The number of amides is 1. The van der Waals surface area contributed by atoms with Crippen LogP contribution in [0.25, 0.3) is 16.9 Å². The van der Waals surface area contributed by atoms with Gasteiger partial charge in [-0.05, 0) is 54.6 Å². The number of aliphatic hydroxyl groups excluding tert-OH is 2. The maximum absolute atomic E-state index is 13.9. The Kier molecular flexibility index (Phi) is 7.30. The second kappa shape index (κ2) is 10.8. The van der Waals surface area contributed by atoms with Crippen LogP contribution in [0.2, 0.25) is 0 Å². The zero-order valence-electron chi connectivity index (χ0n) is 25.1. The van der Waals surface area contributed by atoms with E-state index in [0.29, 0.717) is 11.1 Å². The second-order valence-electron chi connectivity index (χ2n) is 12.7. The van der Waals surface area contributed by atoms with Crippen molar-refractivity contribution in [3.05, 3.63) is 63.9 Å². The number of rotatable bonds is 5. The number of nitrogens with zero attached hydrogens (tertiary/aromatic N) is 3. The van der Waals surface area contributed by atoms with Gasteiger partial charge in [-0.25, -0.2) is 0 Å². The molecular formula is C33H38N4O7. The lowest BCUT2D eigenvalue weighted by atomic mass is 9.59. The Balaban J connectivity index is 1.46. The molecule has 1 heterocycles. The number of hydrogen-bond acceptors (Lipinski definition) is 10. The van der Waals surface area contributed by atoms with Crippen molar-refractivity contribution in [2.45, 2.75) is 31.4 Å². The number of carbonyl (C=O) groups is 3. The number of primary amides is 1. The number of phenols is 1. The van der Waals surface area contributed by atoms with Crippen LogP contribution in [-0.2, 0) is 27.3 Å². The van der Waals surface area contributed by atoms with Crippen LogP contribution in [0.3, 0.4) is 0 Å². The summed E-state index contributed by atoms with van der Waals surface area (Å²) in [7, 11) is 5.82. The molecule has 3 atom stereocenters. The first-order valence-electron chi connectivity index (χ1n) is 14.9. The quantitative estimate of drug-likeness (QED) is 0.319. The van der Waals surface area contributed by atoms with E-state index >= 15 is 0 Å². The summed E-state index contributed by atoms with van der Waals surface area (Å²) in [5, 5.41) is 45.8. The minimum atomic E-state index is -2.59. The van der Waals surface area contributed by atoms with Gasteiger partial charge in [0.15, 0.2) is 11.4 Å². The maximum atomic E-state index is 13.9. The fourth-order valence-electron chi connectivity index (χ4n) is 7.39. The molecule has 6 rings (SSSR count). The van der Waals surface area contributed by atoms with Crippen molar-refractivity contribution < 1.29 is 34.8 Å². The Morgan fingerprint density at radius 2 is 1.77 bits per heavy atom. The molecule has 11 nitrogen and oxygen atoms in total. The summed E-state index contributed by atoms with van der Waals surface area (Å²) in [5.41, 5.74) is 5.51. The number of Topliss-reactive ketones (excluding diaryl/α,β-unsaturated/α-hetero) is 2. The predicted molar refractivity (Wildman–Crippen MR) is 164 cm³/mol. The van der Waals surface area contributed by atoms with E-state index in [-0.39, 0.29) is 36.1 Å². The van der Waals surface area contributed by atoms with E-state index in [1.165, 1.54) is 0 Å². The molecule has 2 aromatic rings. The van der Waals surface area contributed by atoms with Crippen LogP contribution in [-0.4, -0.2) is 101 Å². The number of benzene rings is 2. The summed E-state index contributed by atoms with van der Waals surface area (Å²) in [6.07, 6.45) is -0.0109. The second-order valence-corrected chi connectivity index (χ2v) is 12.7. The van der Waals surface area contributed by atoms with E-state index in [0.717, 1.165) is 49.5 Å². The van der Waals surface area contributed by atoms with Gasteiger partial charge < -0.3 is 36.0 Å². The molecule has 4 aliphatic rings. The number of ketones is 2. The van der Waals surface area contributed by atoms with Crippen molar-refractivity contribution >= 4 is 28.9 Å². The van der Waals surface area contributed by atoms with Gasteiger partial charge in [0.2, 0.25) is 5.78 Å². The third-order valence-electron chi connectivity index (χ3n) is 9.76. The van der Waals surface area contributed by atoms with Crippen LogP contribution >= 0.6 is 0 Å². The first kappa shape index (κ1) is 29.9.